The van der Waals surface area contributed by atoms with Crippen molar-refractivity contribution in [2.75, 3.05) is 13.1 Å². The van der Waals surface area contributed by atoms with Gasteiger partial charge in [-0.2, -0.15) is 0 Å². The third-order valence-corrected chi connectivity index (χ3v) is 3.05. The summed E-state index contributed by atoms with van der Waals surface area (Å²) in [5, 5.41) is 15.1. The zero-order chi connectivity index (χ0) is 13.7. The van der Waals surface area contributed by atoms with Gasteiger partial charge in [-0.25, -0.2) is 4.79 Å². The molecule has 0 unspecified atom stereocenters. The van der Waals surface area contributed by atoms with E-state index in [1.165, 1.54) is 23.5 Å². The van der Waals surface area contributed by atoms with Crippen molar-refractivity contribution in [1.29, 1.82) is 0 Å². The largest absolute Gasteiger partial charge is 0.477 e. The second kappa shape index (κ2) is 6.38. The van der Waals surface area contributed by atoms with E-state index in [-0.39, 0.29) is 18.1 Å². The van der Waals surface area contributed by atoms with E-state index in [2.05, 4.69) is 10.6 Å². The standard InChI is InChI=1S/C13H19N3O3/c17-12(15-7-2-6-14-10-4-5-10)9-16-8-1-3-11(16)13(18)19/h1,3,8,10,14H,2,4-7,9H2,(H,15,17)(H,18,19). The predicted molar refractivity (Wildman–Crippen MR) is 70.0 cm³/mol. The van der Waals surface area contributed by atoms with Crippen molar-refractivity contribution in [3.05, 3.63) is 24.0 Å². The number of amides is 1. The zero-order valence-electron chi connectivity index (χ0n) is 10.8. The van der Waals surface area contributed by atoms with Crippen molar-refractivity contribution in [3.63, 3.8) is 0 Å². The van der Waals surface area contributed by atoms with Gasteiger partial charge in [0.25, 0.3) is 0 Å². The molecular weight excluding hydrogens is 246 g/mol. The number of carboxylic acids is 1. The fraction of sp³-hybridized carbons (Fsp3) is 0.538. The maximum Gasteiger partial charge on any atom is 0.352 e. The van der Waals surface area contributed by atoms with E-state index < -0.39 is 5.97 Å². The lowest BCUT2D eigenvalue weighted by Crippen LogP contribution is -2.31. The lowest BCUT2D eigenvalue weighted by atomic mass is 10.4. The van der Waals surface area contributed by atoms with Gasteiger partial charge in [0.15, 0.2) is 0 Å². The van der Waals surface area contributed by atoms with Crippen molar-refractivity contribution >= 4 is 11.9 Å². The molecule has 1 aromatic rings. The Kier molecular flexibility index (Phi) is 4.57. The highest BCUT2D eigenvalue weighted by Gasteiger charge is 2.19. The predicted octanol–water partition coefficient (Wildman–Crippen LogP) is 0.445. The number of hydrogen-bond acceptors (Lipinski definition) is 3. The minimum atomic E-state index is -1.02. The monoisotopic (exact) mass is 265 g/mol. The van der Waals surface area contributed by atoms with E-state index in [0.717, 1.165) is 13.0 Å². The van der Waals surface area contributed by atoms with Crippen LogP contribution in [0, 0.1) is 0 Å². The highest BCUT2D eigenvalue weighted by Crippen LogP contribution is 2.18. The average Bonchev–Trinajstić information content (AvgIpc) is 3.06. The summed E-state index contributed by atoms with van der Waals surface area (Å²) in [6.07, 6.45) is 5.01. The molecular formula is C13H19N3O3. The first-order chi connectivity index (χ1) is 9.16. The number of rotatable bonds is 8. The smallest absolute Gasteiger partial charge is 0.352 e. The molecule has 1 aromatic heterocycles. The third-order valence-electron chi connectivity index (χ3n) is 3.05. The molecule has 1 heterocycles. The van der Waals surface area contributed by atoms with Crippen molar-refractivity contribution in [2.45, 2.75) is 31.8 Å². The van der Waals surface area contributed by atoms with Crippen molar-refractivity contribution in [3.8, 4) is 0 Å². The SMILES string of the molecule is O=C(Cn1cccc1C(=O)O)NCCCNC1CC1. The summed E-state index contributed by atoms with van der Waals surface area (Å²) in [5.74, 6) is -1.18. The molecule has 0 aliphatic heterocycles. The van der Waals surface area contributed by atoms with Crippen LogP contribution in [0.3, 0.4) is 0 Å². The Labute approximate surface area is 111 Å². The van der Waals surface area contributed by atoms with Gasteiger partial charge in [-0.05, 0) is 37.9 Å². The molecule has 6 nitrogen and oxygen atoms in total. The first-order valence-electron chi connectivity index (χ1n) is 6.55. The first-order valence-corrected chi connectivity index (χ1v) is 6.55. The first kappa shape index (κ1) is 13.6. The van der Waals surface area contributed by atoms with Gasteiger partial charge >= 0.3 is 5.97 Å². The molecule has 6 heteroatoms. The third kappa shape index (κ3) is 4.40. The average molecular weight is 265 g/mol. The Morgan fingerprint density at radius 1 is 1.37 bits per heavy atom. The van der Waals surface area contributed by atoms with Crippen molar-refractivity contribution in [1.82, 2.24) is 15.2 Å². The number of nitrogens with zero attached hydrogens (tertiary/aromatic N) is 1. The van der Waals surface area contributed by atoms with Crippen LogP contribution < -0.4 is 10.6 Å². The van der Waals surface area contributed by atoms with Gasteiger partial charge in [-0.3, -0.25) is 4.79 Å². The Morgan fingerprint density at radius 2 is 2.16 bits per heavy atom. The normalized spacial score (nSPS) is 14.3. The maximum atomic E-state index is 11.6. The molecule has 104 valence electrons. The van der Waals surface area contributed by atoms with E-state index in [9.17, 15) is 9.59 Å². The molecule has 0 spiro atoms. The molecule has 19 heavy (non-hydrogen) atoms. The van der Waals surface area contributed by atoms with Gasteiger partial charge in [0.05, 0.1) is 0 Å². The van der Waals surface area contributed by atoms with Crippen LogP contribution in [-0.4, -0.2) is 40.7 Å². The molecule has 1 aliphatic carbocycles. The summed E-state index contributed by atoms with van der Waals surface area (Å²) in [5.41, 5.74) is 0.130. The summed E-state index contributed by atoms with van der Waals surface area (Å²) < 4.78 is 1.43. The second-order valence-electron chi connectivity index (χ2n) is 4.76. The molecule has 0 aromatic carbocycles. The van der Waals surface area contributed by atoms with E-state index in [1.807, 2.05) is 0 Å². The molecule has 2 rings (SSSR count). The van der Waals surface area contributed by atoms with Crippen LogP contribution in [0.25, 0.3) is 0 Å². The van der Waals surface area contributed by atoms with Crippen LogP contribution in [0.4, 0.5) is 0 Å². The van der Waals surface area contributed by atoms with Gasteiger partial charge in [0.2, 0.25) is 5.91 Å². The van der Waals surface area contributed by atoms with E-state index in [1.54, 1.807) is 12.3 Å². The van der Waals surface area contributed by atoms with E-state index in [4.69, 9.17) is 5.11 Å². The van der Waals surface area contributed by atoms with Crippen molar-refractivity contribution in [2.24, 2.45) is 0 Å². The molecule has 1 aliphatic rings. The number of nitrogens with one attached hydrogen (secondary N) is 2. The number of carbonyl (C=O) groups excluding carboxylic acids is 1. The fourth-order valence-corrected chi connectivity index (χ4v) is 1.87. The molecule has 1 amide bonds. The molecule has 0 bridgehead atoms. The van der Waals surface area contributed by atoms with Crippen molar-refractivity contribution < 1.29 is 14.7 Å². The van der Waals surface area contributed by atoms with E-state index >= 15 is 0 Å². The van der Waals surface area contributed by atoms with Crippen LogP contribution in [0.15, 0.2) is 18.3 Å². The molecule has 1 fully saturated rings. The Hall–Kier alpha value is -1.82. The van der Waals surface area contributed by atoms with E-state index in [0.29, 0.717) is 12.6 Å². The Balaban J connectivity index is 1.65. The van der Waals surface area contributed by atoms with Crippen LogP contribution >= 0.6 is 0 Å². The molecule has 0 radical (unpaired) electrons. The quantitative estimate of drug-likeness (QED) is 0.596. The van der Waals surface area contributed by atoms with Crippen LogP contribution in [-0.2, 0) is 11.3 Å². The number of aromatic carboxylic acids is 1. The summed E-state index contributed by atoms with van der Waals surface area (Å²) in [7, 11) is 0. The minimum absolute atomic E-state index is 0.0463. The van der Waals surface area contributed by atoms with Gasteiger partial charge < -0.3 is 20.3 Å². The summed E-state index contributed by atoms with van der Waals surface area (Å²) in [4.78, 5) is 22.5. The van der Waals surface area contributed by atoms with Gasteiger partial charge in [-0.1, -0.05) is 0 Å². The Morgan fingerprint density at radius 3 is 2.84 bits per heavy atom. The Bertz CT molecular complexity index is 452. The second-order valence-corrected chi connectivity index (χ2v) is 4.76. The van der Waals surface area contributed by atoms with Crippen LogP contribution in [0.2, 0.25) is 0 Å². The highest BCUT2D eigenvalue weighted by molar-refractivity contribution is 5.86. The number of hydrogen-bond donors (Lipinski definition) is 3. The van der Waals surface area contributed by atoms with Crippen LogP contribution in [0.5, 0.6) is 0 Å². The topological polar surface area (TPSA) is 83.4 Å². The summed E-state index contributed by atoms with van der Waals surface area (Å²) in [6.45, 7) is 1.57. The van der Waals surface area contributed by atoms with Gasteiger partial charge in [0, 0.05) is 18.8 Å². The molecule has 0 atom stereocenters. The number of carbonyl (C=O) groups is 2. The molecule has 3 N–H and O–H groups in total. The maximum absolute atomic E-state index is 11.6. The zero-order valence-corrected chi connectivity index (χ0v) is 10.8. The molecule has 1 saturated carbocycles. The summed E-state index contributed by atoms with van der Waals surface area (Å²) >= 11 is 0. The van der Waals surface area contributed by atoms with Crippen LogP contribution in [0.1, 0.15) is 29.8 Å². The number of aromatic nitrogens is 1. The van der Waals surface area contributed by atoms with Gasteiger partial charge in [0.1, 0.15) is 12.2 Å². The summed E-state index contributed by atoms with van der Waals surface area (Å²) in [6, 6.07) is 3.79. The minimum Gasteiger partial charge on any atom is -0.477 e. The lowest BCUT2D eigenvalue weighted by molar-refractivity contribution is -0.121. The van der Waals surface area contributed by atoms with Gasteiger partial charge in [-0.15, -0.1) is 0 Å². The molecule has 0 saturated heterocycles. The lowest BCUT2D eigenvalue weighted by Gasteiger charge is -2.08. The highest BCUT2D eigenvalue weighted by atomic mass is 16.4. The number of carboxylic acid groups (broad SMARTS) is 1. The fourth-order valence-electron chi connectivity index (χ4n) is 1.87.